The molecule has 26 heavy (non-hydrogen) atoms. The highest BCUT2D eigenvalue weighted by Crippen LogP contribution is 2.12. The molecule has 0 aromatic heterocycles. The van der Waals surface area contributed by atoms with E-state index in [-0.39, 0.29) is 24.0 Å². The van der Waals surface area contributed by atoms with Crippen LogP contribution in [-0.2, 0) is 13.1 Å². The molecule has 0 unspecified atom stereocenters. The van der Waals surface area contributed by atoms with Gasteiger partial charge in [0.2, 0.25) is 5.91 Å². The molecule has 0 spiro atoms. The van der Waals surface area contributed by atoms with E-state index in [9.17, 15) is 4.79 Å². The summed E-state index contributed by atoms with van der Waals surface area (Å²) in [6.45, 7) is 4.14. The van der Waals surface area contributed by atoms with Crippen molar-refractivity contribution in [2.75, 3.05) is 13.6 Å². The van der Waals surface area contributed by atoms with E-state index in [1.54, 1.807) is 12.1 Å². The minimum atomic E-state index is -0.419. The number of carbonyl (C=O) groups excluding carboxylic acids is 1. The van der Waals surface area contributed by atoms with Crippen LogP contribution in [0.1, 0.15) is 28.4 Å². The fraction of sp³-hybridized carbons (Fsp3) is 0.263. The molecule has 0 heterocycles. The summed E-state index contributed by atoms with van der Waals surface area (Å²) >= 11 is 3.45. The Balaban J connectivity index is 0.00000338. The number of benzene rings is 2. The smallest absolute Gasteiger partial charge is 0.248 e. The number of hydrogen-bond acceptors (Lipinski definition) is 2. The zero-order valence-corrected chi connectivity index (χ0v) is 18.8. The van der Waals surface area contributed by atoms with Crippen LogP contribution in [0.2, 0.25) is 0 Å². The maximum atomic E-state index is 11.1. The van der Waals surface area contributed by atoms with Crippen molar-refractivity contribution < 1.29 is 4.79 Å². The third-order valence-corrected chi connectivity index (χ3v) is 4.21. The third kappa shape index (κ3) is 6.95. The molecule has 0 aliphatic carbocycles. The molecule has 0 bridgehead atoms. The summed E-state index contributed by atoms with van der Waals surface area (Å²) in [4.78, 5) is 17.9. The van der Waals surface area contributed by atoms with Crippen LogP contribution in [0.5, 0.6) is 0 Å². The molecule has 0 aliphatic heterocycles. The minimum Gasteiger partial charge on any atom is -0.366 e. The fourth-order valence-electron chi connectivity index (χ4n) is 2.35. The van der Waals surface area contributed by atoms with E-state index in [0.29, 0.717) is 12.1 Å². The van der Waals surface area contributed by atoms with Gasteiger partial charge in [-0.15, -0.1) is 24.0 Å². The average Bonchev–Trinajstić information content (AvgIpc) is 2.60. The van der Waals surface area contributed by atoms with Crippen LogP contribution in [0.4, 0.5) is 0 Å². The zero-order valence-electron chi connectivity index (χ0n) is 14.9. The van der Waals surface area contributed by atoms with Crippen LogP contribution < -0.4 is 11.1 Å². The highest BCUT2D eigenvalue weighted by molar-refractivity contribution is 14.0. The summed E-state index contributed by atoms with van der Waals surface area (Å²) in [6.07, 6.45) is 0. The maximum absolute atomic E-state index is 11.1. The third-order valence-electron chi connectivity index (χ3n) is 3.68. The average molecular weight is 531 g/mol. The van der Waals surface area contributed by atoms with Gasteiger partial charge in [0, 0.05) is 30.2 Å². The van der Waals surface area contributed by atoms with E-state index in [2.05, 4.69) is 43.3 Å². The number of nitrogens with one attached hydrogen (secondary N) is 1. The van der Waals surface area contributed by atoms with E-state index in [1.807, 2.05) is 38.2 Å². The molecular weight excluding hydrogens is 507 g/mol. The van der Waals surface area contributed by atoms with Crippen molar-refractivity contribution in [3.63, 3.8) is 0 Å². The summed E-state index contributed by atoms with van der Waals surface area (Å²) in [5, 5.41) is 3.31. The van der Waals surface area contributed by atoms with Crippen molar-refractivity contribution in [3.05, 3.63) is 69.7 Å². The van der Waals surface area contributed by atoms with Gasteiger partial charge in [-0.25, -0.2) is 4.99 Å². The topological polar surface area (TPSA) is 70.7 Å². The summed E-state index contributed by atoms with van der Waals surface area (Å²) < 4.78 is 1.07. The molecule has 0 saturated carbocycles. The van der Waals surface area contributed by atoms with Crippen LogP contribution in [0, 0.1) is 0 Å². The molecule has 2 aromatic rings. The lowest BCUT2D eigenvalue weighted by Gasteiger charge is -2.22. The Labute approximate surface area is 180 Å². The SMILES string of the molecule is CCNC(=NCc1ccc(C(N)=O)cc1)N(C)Cc1ccc(Br)cc1.I. The predicted octanol–water partition coefficient (Wildman–Crippen LogP) is 3.76. The Bertz CT molecular complexity index is 732. The highest BCUT2D eigenvalue weighted by atomic mass is 127. The van der Waals surface area contributed by atoms with Crippen molar-refractivity contribution in [1.29, 1.82) is 0 Å². The van der Waals surface area contributed by atoms with E-state index in [1.165, 1.54) is 5.56 Å². The van der Waals surface area contributed by atoms with Crippen molar-refractivity contribution in [2.24, 2.45) is 10.7 Å². The number of primary amides is 1. The fourth-order valence-corrected chi connectivity index (χ4v) is 2.61. The summed E-state index contributed by atoms with van der Waals surface area (Å²) in [6, 6.07) is 15.5. The van der Waals surface area contributed by atoms with Gasteiger partial charge in [-0.3, -0.25) is 4.79 Å². The first-order chi connectivity index (χ1) is 12.0. The number of nitrogens with two attached hydrogens (primary N) is 1. The lowest BCUT2D eigenvalue weighted by Crippen LogP contribution is -2.38. The van der Waals surface area contributed by atoms with Crippen LogP contribution in [0.3, 0.4) is 0 Å². The first-order valence-corrected chi connectivity index (χ1v) is 8.91. The highest BCUT2D eigenvalue weighted by Gasteiger charge is 2.07. The van der Waals surface area contributed by atoms with Crippen molar-refractivity contribution >= 4 is 51.8 Å². The zero-order chi connectivity index (χ0) is 18.2. The number of rotatable bonds is 6. The lowest BCUT2D eigenvalue weighted by molar-refractivity contribution is 0.100. The lowest BCUT2D eigenvalue weighted by atomic mass is 10.1. The molecule has 2 aromatic carbocycles. The second-order valence-electron chi connectivity index (χ2n) is 5.71. The first kappa shape index (κ1) is 22.4. The predicted molar refractivity (Wildman–Crippen MR) is 121 cm³/mol. The van der Waals surface area contributed by atoms with Crippen molar-refractivity contribution in [3.8, 4) is 0 Å². The molecule has 140 valence electrons. The Morgan fingerprint density at radius 3 is 2.23 bits per heavy atom. The largest absolute Gasteiger partial charge is 0.366 e. The number of nitrogens with zero attached hydrogens (tertiary/aromatic N) is 2. The standard InChI is InChI=1S/C19H23BrN4O.HI/c1-3-22-19(24(2)13-15-6-10-17(20)11-7-15)23-12-14-4-8-16(9-5-14)18(21)25;/h4-11H,3,12-13H2,1-2H3,(H2,21,25)(H,22,23);1H. The van der Waals surface area contributed by atoms with Crippen molar-refractivity contribution in [1.82, 2.24) is 10.2 Å². The van der Waals surface area contributed by atoms with Gasteiger partial charge in [0.1, 0.15) is 0 Å². The van der Waals surface area contributed by atoms with Crippen LogP contribution in [0.15, 0.2) is 58.0 Å². The normalized spacial score (nSPS) is 10.8. The van der Waals surface area contributed by atoms with Crippen LogP contribution in [-0.4, -0.2) is 30.4 Å². The molecule has 0 saturated heterocycles. The van der Waals surface area contributed by atoms with Gasteiger partial charge in [-0.05, 0) is 42.3 Å². The van der Waals surface area contributed by atoms with E-state index >= 15 is 0 Å². The number of amides is 1. The molecule has 3 N–H and O–H groups in total. The Morgan fingerprint density at radius 1 is 1.12 bits per heavy atom. The number of aliphatic imine (C=N–C) groups is 1. The second-order valence-corrected chi connectivity index (χ2v) is 6.63. The Hall–Kier alpha value is -1.61. The van der Waals surface area contributed by atoms with Crippen molar-refractivity contribution in [2.45, 2.75) is 20.0 Å². The van der Waals surface area contributed by atoms with E-state index < -0.39 is 5.91 Å². The monoisotopic (exact) mass is 530 g/mol. The molecule has 7 heteroatoms. The van der Waals surface area contributed by atoms with Gasteiger partial charge in [-0.2, -0.15) is 0 Å². The minimum absolute atomic E-state index is 0. The van der Waals surface area contributed by atoms with Crippen LogP contribution >= 0.6 is 39.9 Å². The molecule has 5 nitrogen and oxygen atoms in total. The van der Waals surface area contributed by atoms with Crippen LogP contribution in [0.25, 0.3) is 0 Å². The molecule has 0 radical (unpaired) electrons. The van der Waals surface area contributed by atoms with Gasteiger partial charge in [-0.1, -0.05) is 40.2 Å². The molecular formula is C19H24BrIN4O. The second kappa shape index (κ2) is 11.2. The molecule has 0 atom stereocenters. The molecule has 2 rings (SSSR count). The number of guanidine groups is 1. The summed E-state index contributed by atoms with van der Waals surface area (Å²) in [5.41, 5.74) is 8.00. The molecule has 1 amide bonds. The Morgan fingerprint density at radius 2 is 1.69 bits per heavy atom. The Kier molecular flexibility index (Phi) is 9.64. The van der Waals surface area contributed by atoms with Gasteiger partial charge >= 0.3 is 0 Å². The quantitative estimate of drug-likeness (QED) is 0.339. The number of halogens is 2. The number of carbonyl (C=O) groups is 1. The van der Waals surface area contributed by atoms with Gasteiger partial charge in [0.15, 0.2) is 5.96 Å². The van der Waals surface area contributed by atoms with Gasteiger partial charge < -0.3 is 16.0 Å². The first-order valence-electron chi connectivity index (χ1n) is 8.12. The summed E-state index contributed by atoms with van der Waals surface area (Å²) in [7, 11) is 2.01. The van der Waals surface area contributed by atoms with Gasteiger partial charge in [0.05, 0.1) is 6.54 Å². The summed E-state index contributed by atoms with van der Waals surface area (Å²) in [5.74, 6) is 0.419. The van der Waals surface area contributed by atoms with E-state index in [4.69, 9.17) is 5.73 Å². The molecule has 0 fully saturated rings. The van der Waals surface area contributed by atoms with E-state index in [0.717, 1.165) is 29.1 Å². The van der Waals surface area contributed by atoms with Gasteiger partial charge in [0.25, 0.3) is 0 Å². The number of hydrogen-bond donors (Lipinski definition) is 2. The maximum Gasteiger partial charge on any atom is 0.248 e. The molecule has 0 aliphatic rings.